The van der Waals surface area contributed by atoms with Crippen molar-refractivity contribution in [3.8, 4) is 30.6 Å². The summed E-state index contributed by atoms with van der Waals surface area (Å²) in [7, 11) is 0. The maximum Gasteiger partial charge on any atom is 0.425 e. The molecule has 0 fully saturated rings. The number of thiophene rings is 5. The van der Waals surface area contributed by atoms with Gasteiger partial charge in [-0.1, -0.05) is 24.3 Å². The van der Waals surface area contributed by atoms with Crippen molar-refractivity contribution in [1.29, 1.82) is 0 Å². The van der Waals surface area contributed by atoms with Crippen molar-refractivity contribution in [3.05, 3.63) is 94.7 Å². The first-order chi connectivity index (χ1) is 20.5. The van der Waals surface area contributed by atoms with Crippen molar-refractivity contribution in [2.45, 2.75) is 12.4 Å². The third kappa shape index (κ3) is 4.69. The van der Waals surface area contributed by atoms with Crippen LogP contribution >= 0.6 is 56.7 Å². The Morgan fingerprint density at radius 1 is 0.349 bits per heavy atom. The molecule has 5 aromatic heterocycles. The Morgan fingerprint density at radius 3 is 1.26 bits per heavy atom. The topological polar surface area (TPSA) is 0 Å². The number of halogens is 6. The van der Waals surface area contributed by atoms with Crippen molar-refractivity contribution in [3.63, 3.8) is 0 Å². The van der Waals surface area contributed by atoms with Crippen molar-refractivity contribution in [1.82, 2.24) is 0 Å². The third-order valence-corrected chi connectivity index (χ3v) is 13.1. The van der Waals surface area contributed by atoms with Crippen LogP contribution in [0, 0.1) is 0 Å². The molecule has 0 aliphatic rings. The molecule has 0 saturated carbocycles. The minimum Gasteiger partial charge on any atom is -0.165 e. The van der Waals surface area contributed by atoms with Gasteiger partial charge in [-0.3, -0.25) is 0 Å². The fraction of sp³-hybridized carbons (Fsp3) is 0.0625. The normalized spacial score (nSPS) is 12.9. The zero-order valence-electron chi connectivity index (χ0n) is 21.4. The van der Waals surface area contributed by atoms with E-state index in [0.717, 1.165) is 73.5 Å². The van der Waals surface area contributed by atoms with Gasteiger partial charge >= 0.3 is 12.4 Å². The molecule has 0 spiro atoms. The highest BCUT2D eigenvalue weighted by atomic mass is 32.1. The zero-order valence-corrected chi connectivity index (χ0v) is 25.5. The average Bonchev–Trinajstić information content (AvgIpc) is 3.78. The largest absolute Gasteiger partial charge is 0.425 e. The first-order valence-electron chi connectivity index (χ1n) is 12.8. The Kier molecular flexibility index (Phi) is 6.13. The van der Waals surface area contributed by atoms with Crippen molar-refractivity contribution in [2.24, 2.45) is 0 Å². The molecule has 0 bridgehead atoms. The molecule has 0 amide bonds. The fourth-order valence-corrected chi connectivity index (χ4v) is 10.4. The molecule has 11 heteroatoms. The maximum absolute atomic E-state index is 13.3. The molecule has 0 atom stereocenters. The van der Waals surface area contributed by atoms with Crippen LogP contribution in [0.25, 0.3) is 71.0 Å². The van der Waals surface area contributed by atoms with E-state index < -0.39 is 22.1 Å². The Hall–Kier alpha value is -3.22. The lowest BCUT2D eigenvalue weighted by Gasteiger charge is -2.00. The predicted octanol–water partition coefficient (Wildman–Crippen LogP) is 13.6. The second kappa shape index (κ2) is 9.64. The molecule has 0 aliphatic heterocycles. The van der Waals surface area contributed by atoms with E-state index in [4.69, 9.17) is 0 Å². The Bertz CT molecular complexity index is 2320. The summed E-state index contributed by atoms with van der Waals surface area (Å²) < 4.78 is 82.9. The van der Waals surface area contributed by atoms with Crippen LogP contribution < -0.4 is 0 Å². The molecule has 0 aliphatic carbocycles. The summed E-state index contributed by atoms with van der Waals surface area (Å²) >= 11 is 6.29. The van der Waals surface area contributed by atoms with Gasteiger partial charge in [0.1, 0.15) is 9.75 Å². The first-order valence-corrected chi connectivity index (χ1v) is 16.9. The second-order valence-electron chi connectivity index (χ2n) is 9.96. The minimum atomic E-state index is -4.36. The highest BCUT2D eigenvalue weighted by Gasteiger charge is 2.34. The SMILES string of the molecule is FC(F)(F)c1cc2c(ccc3sc(-c4ccc(-c5ccc(-c6cc7c(ccc8sc(C(F)(F)F)cc87)s6)s5)cc4)cc32)s1. The van der Waals surface area contributed by atoms with Crippen LogP contribution in [0.1, 0.15) is 9.75 Å². The van der Waals surface area contributed by atoms with Crippen LogP contribution in [-0.2, 0) is 12.4 Å². The summed E-state index contributed by atoms with van der Waals surface area (Å²) in [5.74, 6) is 0. The Balaban J connectivity index is 1.09. The van der Waals surface area contributed by atoms with Gasteiger partial charge in [-0.2, -0.15) is 26.3 Å². The lowest BCUT2D eigenvalue weighted by molar-refractivity contribution is -0.135. The van der Waals surface area contributed by atoms with Gasteiger partial charge in [-0.15, -0.1) is 56.7 Å². The molecule has 0 radical (unpaired) electrons. The van der Waals surface area contributed by atoms with Crippen LogP contribution in [0.4, 0.5) is 26.3 Å². The van der Waals surface area contributed by atoms with Crippen LogP contribution in [-0.4, -0.2) is 0 Å². The number of alkyl halides is 6. The van der Waals surface area contributed by atoms with Gasteiger partial charge < -0.3 is 0 Å². The van der Waals surface area contributed by atoms with Crippen LogP contribution in [0.15, 0.2) is 84.9 Å². The second-order valence-corrected chi connectivity index (χ2v) is 15.4. The fourth-order valence-electron chi connectivity index (χ4n) is 5.23. The molecule has 0 saturated heterocycles. The summed E-state index contributed by atoms with van der Waals surface area (Å²) in [4.78, 5) is 2.93. The quantitative estimate of drug-likeness (QED) is 0.164. The summed E-state index contributed by atoms with van der Waals surface area (Å²) in [6.45, 7) is 0. The van der Waals surface area contributed by atoms with Crippen molar-refractivity contribution < 1.29 is 26.3 Å². The molecular weight excluding hydrogens is 659 g/mol. The predicted molar refractivity (Wildman–Crippen MR) is 172 cm³/mol. The summed E-state index contributed by atoms with van der Waals surface area (Å²) in [6, 6.07) is 26.0. The van der Waals surface area contributed by atoms with E-state index in [-0.39, 0.29) is 0 Å². The summed E-state index contributed by atoms with van der Waals surface area (Å²) in [5, 5.41) is 2.92. The van der Waals surface area contributed by atoms with Gasteiger partial charge in [0.2, 0.25) is 0 Å². The Labute approximate surface area is 259 Å². The van der Waals surface area contributed by atoms with E-state index in [0.29, 0.717) is 20.2 Å². The lowest BCUT2D eigenvalue weighted by Crippen LogP contribution is -2.00. The highest BCUT2D eigenvalue weighted by molar-refractivity contribution is 7.27. The highest BCUT2D eigenvalue weighted by Crippen LogP contribution is 2.47. The van der Waals surface area contributed by atoms with Gasteiger partial charge in [0.05, 0.1) is 0 Å². The van der Waals surface area contributed by atoms with Crippen molar-refractivity contribution >= 4 is 97.0 Å². The minimum absolute atomic E-state index is 0.587. The van der Waals surface area contributed by atoms with Crippen LogP contribution in [0.3, 0.4) is 0 Å². The number of benzene rings is 3. The van der Waals surface area contributed by atoms with Gasteiger partial charge in [0.15, 0.2) is 0 Å². The summed E-state index contributed by atoms with van der Waals surface area (Å²) in [5.41, 5.74) is 2.02. The van der Waals surface area contributed by atoms with E-state index >= 15 is 0 Å². The molecule has 8 rings (SSSR count). The molecular formula is C32H14F6S5. The molecule has 5 heterocycles. The van der Waals surface area contributed by atoms with Gasteiger partial charge in [0, 0.05) is 59.9 Å². The third-order valence-electron chi connectivity index (χ3n) is 7.26. The van der Waals surface area contributed by atoms with Gasteiger partial charge in [-0.05, 0) is 71.8 Å². The molecule has 0 unspecified atom stereocenters. The Morgan fingerprint density at radius 2 is 0.744 bits per heavy atom. The monoisotopic (exact) mass is 672 g/mol. The van der Waals surface area contributed by atoms with E-state index in [1.54, 1.807) is 46.1 Å². The zero-order chi connectivity index (χ0) is 29.7. The van der Waals surface area contributed by atoms with Crippen LogP contribution in [0.5, 0.6) is 0 Å². The number of rotatable bonds is 3. The molecule has 214 valence electrons. The van der Waals surface area contributed by atoms with Gasteiger partial charge in [0.25, 0.3) is 0 Å². The van der Waals surface area contributed by atoms with E-state index in [9.17, 15) is 26.3 Å². The average molecular weight is 673 g/mol. The lowest BCUT2D eigenvalue weighted by atomic mass is 10.1. The smallest absolute Gasteiger partial charge is 0.165 e. The number of hydrogen-bond acceptors (Lipinski definition) is 5. The van der Waals surface area contributed by atoms with E-state index in [1.807, 2.05) is 60.7 Å². The van der Waals surface area contributed by atoms with Crippen molar-refractivity contribution in [2.75, 3.05) is 0 Å². The standard InChI is InChI=1S/C32H14F6S5/c33-31(34,35)29-13-19-17-11-27(40-22(17)6-8-24(19)42-29)16-3-1-15(2-4-16)21-5-10-26(39-21)28-12-18-20-14-30(32(36,37)38)43-25(20)9-7-23(18)41-28/h1-14H. The van der Waals surface area contributed by atoms with E-state index in [1.165, 1.54) is 12.1 Å². The molecule has 0 nitrogen and oxygen atoms in total. The molecule has 3 aromatic carbocycles. The molecule has 0 N–H and O–H groups in total. The van der Waals surface area contributed by atoms with E-state index in [2.05, 4.69) is 0 Å². The van der Waals surface area contributed by atoms with Crippen LogP contribution in [0.2, 0.25) is 0 Å². The molecule has 8 aromatic rings. The number of hydrogen-bond donors (Lipinski definition) is 0. The first kappa shape index (κ1) is 27.3. The number of fused-ring (bicyclic) bond motifs is 6. The summed E-state index contributed by atoms with van der Waals surface area (Å²) in [6.07, 6.45) is -8.72. The maximum atomic E-state index is 13.3. The van der Waals surface area contributed by atoms with Gasteiger partial charge in [-0.25, -0.2) is 0 Å². The molecule has 43 heavy (non-hydrogen) atoms.